The Labute approximate surface area is 128 Å². The van der Waals surface area contributed by atoms with E-state index in [1.165, 1.54) is 12.8 Å². The molecule has 0 spiro atoms. The summed E-state index contributed by atoms with van der Waals surface area (Å²) in [7, 11) is 0. The first-order chi connectivity index (χ1) is 9.83. The first-order valence-electron chi connectivity index (χ1n) is 7.10. The molecule has 1 aromatic carbocycles. The molecule has 1 aliphatic rings. The summed E-state index contributed by atoms with van der Waals surface area (Å²) in [5.74, 6) is 1.62. The van der Waals surface area contributed by atoms with Gasteiger partial charge in [-0.2, -0.15) is 0 Å². The van der Waals surface area contributed by atoms with Crippen LogP contribution in [0.1, 0.15) is 18.7 Å². The lowest BCUT2D eigenvalue weighted by molar-refractivity contribution is 0.371. The molecule has 1 fully saturated rings. The number of hydrogen-bond donors (Lipinski definition) is 1. The number of piperidine rings is 1. The van der Waals surface area contributed by atoms with Crippen LogP contribution in [0.3, 0.4) is 0 Å². The van der Waals surface area contributed by atoms with E-state index in [0.29, 0.717) is 5.92 Å². The van der Waals surface area contributed by atoms with E-state index in [4.69, 9.17) is 4.98 Å². The molecule has 20 heavy (non-hydrogen) atoms. The SMILES string of the molecule is Brc1ccccc1-c1ccnc(CC2CCCNC2)n1. The van der Waals surface area contributed by atoms with Gasteiger partial charge in [0, 0.05) is 22.7 Å². The topological polar surface area (TPSA) is 37.8 Å². The molecule has 104 valence electrons. The Kier molecular flexibility index (Phi) is 4.43. The van der Waals surface area contributed by atoms with Crippen molar-refractivity contribution in [1.29, 1.82) is 0 Å². The molecule has 0 amide bonds. The lowest BCUT2D eigenvalue weighted by Gasteiger charge is -2.22. The van der Waals surface area contributed by atoms with Crippen molar-refractivity contribution in [3.63, 3.8) is 0 Å². The van der Waals surface area contributed by atoms with Crippen molar-refractivity contribution in [2.75, 3.05) is 13.1 Å². The Morgan fingerprint density at radius 2 is 2.15 bits per heavy atom. The molecule has 1 aromatic heterocycles. The molecule has 2 heterocycles. The maximum Gasteiger partial charge on any atom is 0.129 e. The Hall–Kier alpha value is -1.26. The third kappa shape index (κ3) is 3.25. The smallest absolute Gasteiger partial charge is 0.129 e. The predicted molar refractivity (Wildman–Crippen MR) is 84.5 cm³/mol. The monoisotopic (exact) mass is 331 g/mol. The predicted octanol–water partition coefficient (Wildman–Crippen LogP) is 3.45. The van der Waals surface area contributed by atoms with Gasteiger partial charge in [-0.05, 0) is 44.0 Å². The van der Waals surface area contributed by atoms with Gasteiger partial charge in [0.15, 0.2) is 0 Å². The summed E-state index contributed by atoms with van der Waals surface area (Å²) in [4.78, 5) is 9.16. The Morgan fingerprint density at radius 1 is 1.25 bits per heavy atom. The first-order valence-corrected chi connectivity index (χ1v) is 7.90. The first kappa shape index (κ1) is 13.7. The van der Waals surface area contributed by atoms with Crippen LogP contribution in [-0.2, 0) is 6.42 Å². The second-order valence-electron chi connectivity index (χ2n) is 5.25. The van der Waals surface area contributed by atoms with Crippen molar-refractivity contribution >= 4 is 15.9 Å². The standard InChI is InChI=1S/C16H18BrN3/c17-14-6-2-1-5-13(14)15-7-9-19-16(20-15)10-12-4-3-8-18-11-12/h1-2,5-7,9,12,18H,3-4,8,10-11H2. The molecule has 1 aliphatic heterocycles. The van der Waals surface area contributed by atoms with Gasteiger partial charge in [0.25, 0.3) is 0 Å². The quantitative estimate of drug-likeness (QED) is 0.936. The minimum Gasteiger partial charge on any atom is -0.316 e. The molecular weight excluding hydrogens is 314 g/mol. The molecule has 0 aliphatic carbocycles. The van der Waals surface area contributed by atoms with Crippen molar-refractivity contribution in [2.24, 2.45) is 5.92 Å². The molecule has 0 bridgehead atoms. The van der Waals surface area contributed by atoms with Crippen LogP contribution in [0.5, 0.6) is 0 Å². The number of hydrogen-bond acceptors (Lipinski definition) is 3. The van der Waals surface area contributed by atoms with E-state index in [1.54, 1.807) is 0 Å². The van der Waals surface area contributed by atoms with E-state index in [0.717, 1.165) is 41.1 Å². The number of halogens is 1. The highest BCUT2D eigenvalue weighted by atomic mass is 79.9. The molecule has 1 unspecified atom stereocenters. The van der Waals surface area contributed by atoms with Gasteiger partial charge in [0.05, 0.1) is 5.69 Å². The van der Waals surface area contributed by atoms with Crippen molar-refractivity contribution < 1.29 is 0 Å². The number of aromatic nitrogens is 2. The van der Waals surface area contributed by atoms with Gasteiger partial charge in [0.2, 0.25) is 0 Å². The maximum absolute atomic E-state index is 4.73. The zero-order valence-corrected chi connectivity index (χ0v) is 12.9. The molecule has 0 radical (unpaired) electrons. The van der Waals surface area contributed by atoms with Crippen LogP contribution in [0.4, 0.5) is 0 Å². The third-order valence-electron chi connectivity index (χ3n) is 3.73. The van der Waals surface area contributed by atoms with E-state index in [9.17, 15) is 0 Å². The van der Waals surface area contributed by atoms with Crippen LogP contribution >= 0.6 is 15.9 Å². The highest BCUT2D eigenvalue weighted by molar-refractivity contribution is 9.10. The lowest BCUT2D eigenvalue weighted by atomic mass is 9.96. The second-order valence-corrected chi connectivity index (χ2v) is 6.11. The van der Waals surface area contributed by atoms with Crippen LogP contribution in [0.15, 0.2) is 41.0 Å². The van der Waals surface area contributed by atoms with Gasteiger partial charge >= 0.3 is 0 Å². The minimum atomic E-state index is 0.665. The summed E-state index contributed by atoms with van der Waals surface area (Å²) in [6, 6.07) is 10.2. The highest BCUT2D eigenvalue weighted by Gasteiger charge is 2.15. The van der Waals surface area contributed by atoms with Crippen molar-refractivity contribution in [3.05, 3.63) is 46.8 Å². The molecule has 1 saturated heterocycles. The molecule has 4 heteroatoms. The van der Waals surface area contributed by atoms with E-state index in [2.05, 4.69) is 32.3 Å². The number of nitrogens with zero attached hydrogens (tertiary/aromatic N) is 2. The van der Waals surface area contributed by atoms with Crippen molar-refractivity contribution in [3.8, 4) is 11.3 Å². The summed E-state index contributed by atoms with van der Waals surface area (Å²) in [5, 5.41) is 3.45. The minimum absolute atomic E-state index is 0.665. The Morgan fingerprint density at radius 3 is 2.95 bits per heavy atom. The van der Waals surface area contributed by atoms with Crippen LogP contribution in [0.2, 0.25) is 0 Å². The average Bonchev–Trinajstić information content (AvgIpc) is 2.49. The zero-order valence-electron chi connectivity index (χ0n) is 11.3. The molecule has 1 N–H and O–H groups in total. The van der Waals surface area contributed by atoms with Crippen molar-refractivity contribution in [2.45, 2.75) is 19.3 Å². The maximum atomic E-state index is 4.73. The molecule has 0 saturated carbocycles. The fourth-order valence-electron chi connectivity index (χ4n) is 2.67. The molecule has 2 aromatic rings. The van der Waals surface area contributed by atoms with Crippen LogP contribution < -0.4 is 5.32 Å². The summed E-state index contributed by atoms with van der Waals surface area (Å²) in [5.41, 5.74) is 2.11. The molecular formula is C16H18BrN3. The van der Waals surface area contributed by atoms with Gasteiger partial charge in [-0.3, -0.25) is 0 Å². The number of nitrogens with one attached hydrogen (secondary N) is 1. The fourth-order valence-corrected chi connectivity index (χ4v) is 3.16. The number of benzene rings is 1. The third-order valence-corrected chi connectivity index (χ3v) is 4.42. The molecule has 3 rings (SSSR count). The van der Waals surface area contributed by atoms with Crippen LogP contribution in [0.25, 0.3) is 11.3 Å². The zero-order chi connectivity index (χ0) is 13.8. The van der Waals surface area contributed by atoms with E-state index >= 15 is 0 Å². The van der Waals surface area contributed by atoms with E-state index < -0.39 is 0 Å². The highest BCUT2D eigenvalue weighted by Crippen LogP contribution is 2.26. The van der Waals surface area contributed by atoms with Gasteiger partial charge in [-0.1, -0.05) is 34.1 Å². The Balaban J connectivity index is 1.80. The molecule has 3 nitrogen and oxygen atoms in total. The largest absolute Gasteiger partial charge is 0.316 e. The summed E-state index contributed by atoms with van der Waals surface area (Å²) < 4.78 is 1.07. The molecule has 1 atom stereocenters. The van der Waals surface area contributed by atoms with Gasteiger partial charge in [0.1, 0.15) is 5.82 Å². The summed E-state index contributed by atoms with van der Waals surface area (Å²) in [6.45, 7) is 2.23. The van der Waals surface area contributed by atoms with Gasteiger partial charge < -0.3 is 5.32 Å². The summed E-state index contributed by atoms with van der Waals surface area (Å²) in [6.07, 6.45) is 5.36. The van der Waals surface area contributed by atoms with Crippen LogP contribution in [0, 0.1) is 5.92 Å². The van der Waals surface area contributed by atoms with E-state index in [-0.39, 0.29) is 0 Å². The van der Waals surface area contributed by atoms with Crippen molar-refractivity contribution in [1.82, 2.24) is 15.3 Å². The average molecular weight is 332 g/mol. The van der Waals surface area contributed by atoms with Crippen LogP contribution in [-0.4, -0.2) is 23.1 Å². The fraction of sp³-hybridized carbons (Fsp3) is 0.375. The van der Waals surface area contributed by atoms with Gasteiger partial charge in [-0.15, -0.1) is 0 Å². The second kappa shape index (κ2) is 6.46. The normalized spacial score (nSPS) is 18.9. The summed E-state index contributed by atoms with van der Waals surface area (Å²) >= 11 is 3.59. The van der Waals surface area contributed by atoms with E-state index in [1.807, 2.05) is 30.5 Å². The number of rotatable bonds is 3. The Bertz CT molecular complexity index is 579. The van der Waals surface area contributed by atoms with Gasteiger partial charge in [-0.25, -0.2) is 9.97 Å². The lowest BCUT2D eigenvalue weighted by Crippen LogP contribution is -2.31.